The molecule has 4 heterocycles. The average molecular weight is 461 g/mol. The summed E-state index contributed by atoms with van der Waals surface area (Å²) in [5.41, 5.74) is 2.10. The highest BCUT2D eigenvalue weighted by atomic mass is 16.6. The van der Waals surface area contributed by atoms with E-state index in [1.165, 1.54) is 0 Å². The van der Waals surface area contributed by atoms with Gasteiger partial charge in [0, 0.05) is 25.3 Å². The second kappa shape index (κ2) is 8.39. The van der Waals surface area contributed by atoms with Gasteiger partial charge in [-0.2, -0.15) is 15.2 Å². The highest BCUT2D eigenvalue weighted by Crippen LogP contribution is 2.42. The lowest BCUT2D eigenvalue weighted by atomic mass is 10.1. The Balaban J connectivity index is 1.35. The normalized spacial score (nSPS) is 17.3. The molecule has 6 rings (SSSR count). The number of aromatic nitrogens is 3. The van der Waals surface area contributed by atoms with Crippen molar-refractivity contribution in [1.82, 2.24) is 19.9 Å². The third-order valence-corrected chi connectivity index (χ3v) is 6.03. The molecule has 0 atom stereocenters. The minimum Gasteiger partial charge on any atom is -0.485 e. The molecule has 11 nitrogen and oxygen atoms in total. The lowest BCUT2D eigenvalue weighted by Gasteiger charge is -2.29. The molecule has 34 heavy (non-hydrogen) atoms. The van der Waals surface area contributed by atoms with E-state index in [-0.39, 0.29) is 5.91 Å². The lowest BCUT2D eigenvalue weighted by molar-refractivity contribution is 0.0298. The summed E-state index contributed by atoms with van der Waals surface area (Å²) in [6.45, 7) is 2.85. The van der Waals surface area contributed by atoms with Crippen molar-refractivity contribution in [2.75, 3.05) is 50.2 Å². The number of amides is 1. The van der Waals surface area contributed by atoms with Gasteiger partial charge in [0.15, 0.2) is 11.5 Å². The van der Waals surface area contributed by atoms with Crippen LogP contribution in [-0.4, -0.2) is 71.3 Å². The second-order valence-electron chi connectivity index (χ2n) is 8.40. The van der Waals surface area contributed by atoms with E-state index in [1.807, 2.05) is 0 Å². The summed E-state index contributed by atoms with van der Waals surface area (Å²) in [6.07, 6.45) is 3.77. The number of H-pyrrole nitrogens is 1. The molecule has 1 aromatic carbocycles. The minimum atomic E-state index is -0.111. The Morgan fingerprint density at radius 1 is 1.12 bits per heavy atom. The monoisotopic (exact) mass is 461 g/mol. The van der Waals surface area contributed by atoms with Crippen LogP contribution in [0.2, 0.25) is 0 Å². The topological polar surface area (TPSA) is 137 Å². The van der Waals surface area contributed by atoms with Crippen molar-refractivity contribution in [2.24, 2.45) is 0 Å². The van der Waals surface area contributed by atoms with Crippen molar-refractivity contribution in [3.05, 3.63) is 29.5 Å². The fraction of sp³-hybridized carbons (Fsp3) is 0.391. The van der Waals surface area contributed by atoms with Crippen molar-refractivity contribution >= 4 is 34.4 Å². The fourth-order valence-corrected chi connectivity index (χ4v) is 4.16. The van der Waals surface area contributed by atoms with E-state index in [4.69, 9.17) is 14.2 Å². The van der Waals surface area contributed by atoms with Gasteiger partial charge in [0.05, 0.1) is 35.4 Å². The fourth-order valence-electron chi connectivity index (χ4n) is 4.16. The van der Waals surface area contributed by atoms with Gasteiger partial charge in [-0.15, -0.1) is 0 Å². The molecular formula is C23H23N7O4. The number of rotatable bonds is 5. The summed E-state index contributed by atoms with van der Waals surface area (Å²) in [7, 11) is 0. The van der Waals surface area contributed by atoms with E-state index in [9.17, 15) is 10.1 Å². The van der Waals surface area contributed by atoms with E-state index < -0.39 is 0 Å². The van der Waals surface area contributed by atoms with Crippen LogP contribution in [0.1, 0.15) is 28.8 Å². The molecule has 174 valence electrons. The van der Waals surface area contributed by atoms with Crippen LogP contribution in [0.3, 0.4) is 0 Å². The number of nitrogens with zero attached hydrogens (tertiary/aromatic N) is 4. The van der Waals surface area contributed by atoms with Gasteiger partial charge in [0.2, 0.25) is 5.95 Å². The third kappa shape index (κ3) is 3.72. The molecule has 1 aliphatic carbocycles. The maximum atomic E-state index is 13.1. The van der Waals surface area contributed by atoms with E-state index in [2.05, 4.69) is 31.7 Å². The second-order valence-corrected chi connectivity index (χ2v) is 8.40. The molecule has 3 aliphatic rings. The number of nitriles is 1. The Morgan fingerprint density at radius 2 is 1.91 bits per heavy atom. The number of carbonyl (C=O) groups is 1. The number of morpholine rings is 1. The Morgan fingerprint density at radius 3 is 2.68 bits per heavy atom. The Labute approximate surface area is 195 Å². The predicted molar refractivity (Wildman–Crippen MR) is 123 cm³/mol. The highest BCUT2D eigenvalue weighted by molar-refractivity contribution is 5.99. The van der Waals surface area contributed by atoms with Crippen LogP contribution in [0.25, 0.3) is 11.0 Å². The number of fused-ring (bicyclic) bond motifs is 2. The van der Waals surface area contributed by atoms with Crippen LogP contribution in [0, 0.1) is 11.3 Å². The largest absolute Gasteiger partial charge is 0.485 e. The number of benzene rings is 1. The standard InChI is InChI=1S/C23H23N7O4/c24-11-13-12-25-20-17(13)21(26-14-1-2-14)29-23(28-20)27-16-4-3-15(18-19(16)34-10-9-33-18)22(31)30-5-7-32-8-6-30/h3-4,12,14H,1-2,5-10H2,(H3,25,26,27,28,29). The maximum absolute atomic E-state index is 13.1. The molecule has 1 saturated carbocycles. The first kappa shape index (κ1) is 20.6. The van der Waals surface area contributed by atoms with Gasteiger partial charge in [-0.3, -0.25) is 4.79 Å². The van der Waals surface area contributed by atoms with Crippen LogP contribution < -0.4 is 20.1 Å². The number of hydrogen-bond donors (Lipinski definition) is 3. The quantitative estimate of drug-likeness (QED) is 0.523. The molecule has 0 spiro atoms. The summed E-state index contributed by atoms with van der Waals surface area (Å²) in [5.74, 6) is 1.70. The number of aromatic amines is 1. The zero-order valence-electron chi connectivity index (χ0n) is 18.4. The van der Waals surface area contributed by atoms with E-state index in [0.29, 0.717) is 96.7 Å². The number of anilines is 3. The van der Waals surface area contributed by atoms with Crippen LogP contribution in [0.4, 0.5) is 17.5 Å². The molecule has 2 aliphatic heterocycles. The molecule has 3 N–H and O–H groups in total. The van der Waals surface area contributed by atoms with Gasteiger partial charge < -0.3 is 34.7 Å². The Bertz CT molecular complexity index is 1300. The Kier molecular flexibility index (Phi) is 5.07. The molecule has 2 fully saturated rings. The van der Waals surface area contributed by atoms with Crippen molar-refractivity contribution in [1.29, 1.82) is 5.26 Å². The molecule has 1 amide bonds. The summed E-state index contributed by atoms with van der Waals surface area (Å²) in [5, 5.41) is 16.7. The maximum Gasteiger partial charge on any atom is 0.257 e. The summed E-state index contributed by atoms with van der Waals surface area (Å²) in [6, 6.07) is 6.05. The van der Waals surface area contributed by atoms with E-state index in [0.717, 1.165) is 12.8 Å². The smallest absolute Gasteiger partial charge is 0.257 e. The van der Waals surface area contributed by atoms with Gasteiger partial charge in [0.25, 0.3) is 5.91 Å². The zero-order valence-corrected chi connectivity index (χ0v) is 18.4. The number of hydrogen-bond acceptors (Lipinski definition) is 9. The van der Waals surface area contributed by atoms with Gasteiger partial charge in [-0.25, -0.2) is 0 Å². The molecule has 0 unspecified atom stereocenters. The molecule has 1 saturated heterocycles. The first-order valence-corrected chi connectivity index (χ1v) is 11.3. The molecule has 11 heteroatoms. The summed E-state index contributed by atoms with van der Waals surface area (Å²) < 4.78 is 17.2. The predicted octanol–water partition coefficient (Wildman–Crippen LogP) is 2.39. The molecule has 0 bridgehead atoms. The van der Waals surface area contributed by atoms with E-state index in [1.54, 1.807) is 23.2 Å². The van der Waals surface area contributed by atoms with Crippen molar-refractivity contribution in [2.45, 2.75) is 18.9 Å². The average Bonchev–Trinajstić information content (AvgIpc) is 3.60. The lowest BCUT2D eigenvalue weighted by Crippen LogP contribution is -2.41. The molecular weight excluding hydrogens is 438 g/mol. The van der Waals surface area contributed by atoms with Gasteiger partial charge >= 0.3 is 0 Å². The van der Waals surface area contributed by atoms with Gasteiger partial charge in [-0.1, -0.05) is 0 Å². The number of ether oxygens (including phenoxy) is 3. The van der Waals surface area contributed by atoms with Gasteiger partial charge in [-0.05, 0) is 25.0 Å². The molecule has 3 aromatic rings. The number of nitrogens with one attached hydrogen (secondary N) is 3. The molecule has 0 radical (unpaired) electrons. The SMILES string of the molecule is N#Cc1c[nH]c2nc(Nc3ccc(C(=O)N4CCOCC4)c4c3OCCO4)nc(NC3CC3)c12. The van der Waals surface area contributed by atoms with Crippen molar-refractivity contribution in [3.63, 3.8) is 0 Å². The van der Waals surface area contributed by atoms with Gasteiger partial charge in [0.1, 0.15) is 30.7 Å². The zero-order chi connectivity index (χ0) is 23.1. The van der Waals surface area contributed by atoms with Crippen LogP contribution in [0.5, 0.6) is 11.5 Å². The highest BCUT2D eigenvalue weighted by Gasteiger charge is 2.29. The van der Waals surface area contributed by atoms with Crippen molar-refractivity contribution in [3.8, 4) is 17.6 Å². The molecule has 2 aromatic heterocycles. The minimum absolute atomic E-state index is 0.111. The summed E-state index contributed by atoms with van der Waals surface area (Å²) >= 11 is 0. The third-order valence-electron chi connectivity index (χ3n) is 6.03. The number of carbonyl (C=O) groups excluding carboxylic acids is 1. The summed E-state index contributed by atoms with van der Waals surface area (Å²) in [4.78, 5) is 27.1. The first-order valence-electron chi connectivity index (χ1n) is 11.3. The van der Waals surface area contributed by atoms with Crippen LogP contribution in [0.15, 0.2) is 18.3 Å². The van der Waals surface area contributed by atoms with Crippen LogP contribution >= 0.6 is 0 Å². The van der Waals surface area contributed by atoms with Crippen molar-refractivity contribution < 1.29 is 19.0 Å². The first-order chi connectivity index (χ1) is 16.7. The Hall–Kier alpha value is -4.04. The van der Waals surface area contributed by atoms with Crippen LogP contribution in [-0.2, 0) is 4.74 Å². The van der Waals surface area contributed by atoms with E-state index >= 15 is 0 Å².